The number of nitrogens with zero attached hydrogens (tertiary/aromatic N) is 4. The van der Waals surface area contributed by atoms with Crippen LogP contribution in [0.25, 0.3) is 0 Å². The Morgan fingerprint density at radius 1 is 1.48 bits per heavy atom. The molecule has 0 spiro atoms. The van der Waals surface area contributed by atoms with Crippen molar-refractivity contribution < 1.29 is 9.84 Å². The fourth-order valence-corrected chi connectivity index (χ4v) is 3.64. The van der Waals surface area contributed by atoms with E-state index in [1.165, 1.54) is 0 Å². The summed E-state index contributed by atoms with van der Waals surface area (Å²) in [5.41, 5.74) is -0.0874. The lowest BCUT2D eigenvalue weighted by atomic mass is 9.99. The zero-order chi connectivity index (χ0) is 19.3. The SMILES string of the molecule is Cc1nnc(CN=C(NCC2CCCO2)NCC(C)(O)c2ccsc2)n1C. The summed E-state index contributed by atoms with van der Waals surface area (Å²) in [5, 5.41) is 29.5. The number of hydrogen-bond acceptors (Lipinski definition) is 6. The van der Waals surface area contributed by atoms with Gasteiger partial charge in [-0.2, -0.15) is 11.3 Å². The monoisotopic (exact) mass is 392 g/mol. The van der Waals surface area contributed by atoms with Gasteiger partial charge in [-0.15, -0.1) is 10.2 Å². The first-order valence-electron chi connectivity index (χ1n) is 9.19. The van der Waals surface area contributed by atoms with Gasteiger partial charge in [0.15, 0.2) is 11.8 Å². The molecule has 1 fully saturated rings. The molecule has 3 rings (SSSR count). The number of aromatic nitrogens is 3. The number of hydrogen-bond donors (Lipinski definition) is 3. The highest BCUT2D eigenvalue weighted by Crippen LogP contribution is 2.22. The molecule has 0 aromatic carbocycles. The summed E-state index contributed by atoms with van der Waals surface area (Å²) in [6, 6.07) is 1.94. The predicted molar refractivity (Wildman–Crippen MR) is 106 cm³/mol. The van der Waals surface area contributed by atoms with Gasteiger partial charge in [0.2, 0.25) is 0 Å². The first-order chi connectivity index (χ1) is 13.0. The molecular formula is C18H28N6O2S. The van der Waals surface area contributed by atoms with Crippen LogP contribution in [0.4, 0.5) is 0 Å². The summed E-state index contributed by atoms with van der Waals surface area (Å²) in [6.07, 6.45) is 2.35. The Hall–Kier alpha value is -1.97. The average molecular weight is 393 g/mol. The van der Waals surface area contributed by atoms with Crippen LogP contribution in [0.15, 0.2) is 21.8 Å². The fraction of sp³-hybridized carbons (Fsp3) is 0.611. The number of aliphatic hydroxyl groups is 1. The van der Waals surface area contributed by atoms with E-state index in [9.17, 15) is 5.11 Å². The highest BCUT2D eigenvalue weighted by molar-refractivity contribution is 7.08. The first kappa shape index (κ1) is 19.8. The van der Waals surface area contributed by atoms with Crippen molar-refractivity contribution in [3.05, 3.63) is 34.0 Å². The third-order valence-corrected chi connectivity index (χ3v) is 5.51. The van der Waals surface area contributed by atoms with E-state index < -0.39 is 5.60 Å². The third-order valence-electron chi connectivity index (χ3n) is 4.83. The minimum absolute atomic E-state index is 0.200. The maximum atomic E-state index is 10.7. The van der Waals surface area contributed by atoms with Crippen molar-refractivity contribution >= 4 is 17.3 Å². The predicted octanol–water partition coefficient (Wildman–Crippen LogP) is 1.31. The van der Waals surface area contributed by atoms with Crippen LogP contribution >= 0.6 is 11.3 Å². The molecule has 2 aromatic heterocycles. The molecule has 9 heteroatoms. The van der Waals surface area contributed by atoms with Gasteiger partial charge in [0.25, 0.3) is 0 Å². The van der Waals surface area contributed by atoms with Crippen LogP contribution < -0.4 is 10.6 Å². The second-order valence-electron chi connectivity index (χ2n) is 7.04. The summed E-state index contributed by atoms with van der Waals surface area (Å²) in [5.74, 6) is 2.26. The molecule has 1 aliphatic heterocycles. The molecule has 1 saturated heterocycles. The summed E-state index contributed by atoms with van der Waals surface area (Å²) in [6.45, 7) is 5.96. The standard InChI is InChI=1S/C18H28N6O2S/c1-13-22-23-16(24(13)3)10-20-17(19-9-15-5-4-7-26-15)21-12-18(2,25)14-6-8-27-11-14/h6,8,11,15,25H,4-5,7,9-10,12H2,1-3H3,(H2,19,20,21). The van der Waals surface area contributed by atoms with E-state index >= 15 is 0 Å². The minimum Gasteiger partial charge on any atom is -0.384 e. The molecule has 2 aromatic rings. The van der Waals surface area contributed by atoms with Gasteiger partial charge >= 0.3 is 0 Å². The zero-order valence-electron chi connectivity index (χ0n) is 16.1. The summed E-state index contributed by atoms with van der Waals surface area (Å²) in [7, 11) is 1.93. The Morgan fingerprint density at radius 3 is 2.96 bits per heavy atom. The van der Waals surface area contributed by atoms with Crippen molar-refractivity contribution in [2.75, 3.05) is 19.7 Å². The molecule has 0 saturated carbocycles. The fourth-order valence-electron chi connectivity index (χ4n) is 2.86. The van der Waals surface area contributed by atoms with Gasteiger partial charge in [-0.3, -0.25) is 0 Å². The Morgan fingerprint density at radius 2 is 2.33 bits per heavy atom. The van der Waals surface area contributed by atoms with Gasteiger partial charge in [0.05, 0.1) is 12.6 Å². The van der Waals surface area contributed by atoms with Crippen molar-refractivity contribution in [1.29, 1.82) is 0 Å². The number of nitrogens with one attached hydrogen (secondary N) is 2. The number of thiophene rings is 1. The summed E-state index contributed by atoms with van der Waals surface area (Å²) in [4.78, 5) is 4.62. The van der Waals surface area contributed by atoms with Gasteiger partial charge in [0.1, 0.15) is 18.0 Å². The average Bonchev–Trinajstić information content (AvgIpc) is 3.40. The second-order valence-corrected chi connectivity index (χ2v) is 7.82. The van der Waals surface area contributed by atoms with Crippen LogP contribution in [0.2, 0.25) is 0 Å². The topological polar surface area (TPSA) is 96.6 Å². The lowest BCUT2D eigenvalue weighted by Crippen LogP contribution is -2.46. The maximum absolute atomic E-state index is 10.7. The van der Waals surface area contributed by atoms with Crippen LogP contribution in [-0.4, -0.2) is 51.6 Å². The molecule has 2 unspecified atom stereocenters. The van der Waals surface area contributed by atoms with Crippen LogP contribution in [0.5, 0.6) is 0 Å². The quantitative estimate of drug-likeness (QED) is 0.486. The van der Waals surface area contributed by atoms with E-state index in [1.807, 2.05) is 35.4 Å². The molecule has 2 atom stereocenters. The number of guanidine groups is 1. The normalized spacial score (nSPS) is 19.9. The largest absolute Gasteiger partial charge is 0.384 e. The van der Waals surface area contributed by atoms with Gasteiger partial charge in [-0.25, -0.2) is 4.99 Å². The van der Waals surface area contributed by atoms with Crippen molar-refractivity contribution in [3.8, 4) is 0 Å². The van der Waals surface area contributed by atoms with E-state index in [0.717, 1.165) is 36.7 Å². The lowest BCUT2D eigenvalue weighted by Gasteiger charge is -2.24. The van der Waals surface area contributed by atoms with E-state index in [-0.39, 0.29) is 6.10 Å². The molecule has 8 nitrogen and oxygen atoms in total. The summed E-state index contributed by atoms with van der Waals surface area (Å²) < 4.78 is 7.59. The molecule has 0 bridgehead atoms. The molecule has 3 N–H and O–H groups in total. The highest BCUT2D eigenvalue weighted by Gasteiger charge is 2.24. The molecule has 1 aliphatic rings. The molecular weight excluding hydrogens is 364 g/mol. The molecule has 3 heterocycles. The number of ether oxygens (including phenoxy) is 1. The van der Waals surface area contributed by atoms with Crippen LogP contribution in [0.1, 0.15) is 37.0 Å². The van der Waals surface area contributed by atoms with Crippen molar-refractivity contribution in [3.63, 3.8) is 0 Å². The first-order valence-corrected chi connectivity index (χ1v) is 10.1. The molecule has 0 amide bonds. The molecule has 0 radical (unpaired) electrons. The molecule has 0 aliphatic carbocycles. The summed E-state index contributed by atoms with van der Waals surface area (Å²) >= 11 is 1.57. The smallest absolute Gasteiger partial charge is 0.191 e. The van der Waals surface area contributed by atoms with Crippen LogP contribution in [0, 0.1) is 6.92 Å². The van der Waals surface area contributed by atoms with Crippen LogP contribution in [-0.2, 0) is 23.9 Å². The van der Waals surface area contributed by atoms with Crippen LogP contribution in [0.3, 0.4) is 0 Å². The van der Waals surface area contributed by atoms with Gasteiger partial charge < -0.3 is 25.0 Å². The third kappa shape index (κ3) is 5.27. The molecule has 27 heavy (non-hydrogen) atoms. The Labute approximate surface area is 163 Å². The van der Waals surface area contributed by atoms with E-state index in [4.69, 9.17) is 4.74 Å². The van der Waals surface area contributed by atoms with Gasteiger partial charge in [-0.05, 0) is 49.1 Å². The Bertz CT molecular complexity index is 750. The lowest BCUT2D eigenvalue weighted by molar-refractivity contribution is 0.0620. The number of aliphatic imine (C=N–C) groups is 1. The van der Waals surface area contributed by atoms with Crippen molar-refractivity contribution in [2.45, 2.75) is 44.9 Å². The Balaban J connectivity index is 1.64. The van der Waals surface area contributed by atoms with Gasteiger partial charge in [-0.1, -0.05) is 0 Å². The molecule has 148 valence electrons. The van der Waals surface area contributed by atoms with Crippen molar-refractivity contribution in [2.24, 2.45) is 12.0 Å². The maximum Gasteiger partial charge on any atom is 0.191 e. The van der Waals surface area contributed by atoms with E-state index in [1.54, 1.807) is 18.3 Å². The van der Waals surface area contributed by atoms with Gasteiger partial charge in [0, 0.05) is 20.2 Å². The Kier molecular flexibility index (Phi) is 6.46. The zero-order valence-corrected chi connectivity index (χ0v) is 16.9. The highest BCUT2D eigenvalue weighted by atomic mass is 32.1. The minimum atomic E-state index is -0.978. The second kappa shape index (κ2) is 8.81. The number of rotatable bonds is 7. The van der Waals surface area contributed by atoms with Crippen molar-refractivity contribution in [1.82, 2.24) is 25.4 Å². The van der Waals surface area contributed by atoms with E-state index in [2.05, 4.69) is 25.8 Å². The van der Waals surface area contributed by atoms with E-state index in [0.29, 0.717) is 25.6 Å². The number of aryl methyl sites for hydroxylation is 1.